The van der Waals surface area contributed by atoms with Crippen LogP contribution in [0.1, 0.15) is 5.56 Å². The number of rotatable bonds is 2. The average Bonchev–Trinajstić information content (AvgIpc) is 2.30. The third kappa shape index (κ3) is 2.76. The Morgan fingerprint density at radius 1 is 1.06 bits per heavy atom. The molecule has 0 N–H and O–H groups in total. The Bertz CT molecular complexity index is 612. The number of nitriles is 1. The number of nitrogens with zero attached hydrogens (tertiary/aromatic N) is 2. The summed E-state index contributed by atoms with van der Waals surface area (Å²) in [7, 11) is 0. The van der Waals surface area contributed by atoms with E-state index >= 15 is 0 Å². The minimum absolute atomic E-state index is 0.209. The molecule has 90 valence electrons. The molecule has 1 heterocycles. The van der Waals surface area contributed by atoms with Crippen LogP contribution in [0.5, 0.6) is 0 Å². The Morgan fingerprint density at radius 2 is 1.72 bits per heavy atom. The lowest BCUT2D eigenvalue weighted by atomic mass is 10.0. The molecule has 1 aromatic heterocycles. The first-order valence-corrected chi connectivity index (χ1v) is 6.21. The van der Waals surface area contributed by atoms with Crippen LogP contribution in [0.4, 0.5) is 0 Å². The van der Waals surface area contributed by atoms with Crippen molar-refractivity contribution in [1.29, 1.82) is 5.26 Å². The monoisotopic (exact) mass is 296 g/mol. The Kier molecular flexibility index (Phi) is 4.08. The topological polar surface area (TPSA) is 36.7 Å². The van der Waals surface area contributed by atoms with Gasteiger partial charge in [-0.2, -0.15) is 5.26 Å². The maximum atomic E-state index is 8.84. The van der Waals surface area contributed by atoms with Crippen LogP contribution >= 0.6 is 34.8 Å². The van der Waals surface area contributed by atoms with E-state index in [1.807, 2.05) is 0 Å². The fraction of sp³-hybridized carbons (Fsp3) is 0.0769. The molecule has 0 bridgehead atoms. The Balaban J connectivity index is 2.63. The quantitative estimate of drug-likeness (QED) is 0.800. The SMILES string of the molecule is N#CCc1c(Cl)cncc1-c1cc(Cl)cc(Cl)c1. The van der Waals surface area contributed by atoms with Crippen molar-refractivity contribution in [2.45, 2.75) is 6.42 Å². The van der Waals surface area contributed by atoms with Crippen molar-refractivity contribution < 1.29 is 0 Å². The molecule has 5 heteroatoms. The predicted molar refractivity (Wildman–Crippen MR) is 74.0 cm³/mol. The summed E-state index contributed by atoms with van der Waals surface area (Å²) >= 11 is 18.0. The largest absolute Gasteiger partial charge is 0.263 e. The van der Waals surface area contributed by atoms with E-state index < -0.39 is 0 Å². The van der Waals surface area contributed by atoms with E-state index in [1.54, 1.807) is 24.4 Å². The van der Waals surface area contributed by atoms with Crippen molar-refractivity contribution in [2.75, 3.05) is 0 Å². The van der Waals surface area contributed by atoms with Crippen molar-refractivity contribution in [2.24, 2.45) is 0 Å². The smallest absolute Gasteiger partial charge is 0.0670 e. The molecule has 0 radical (unpaired) electrons. The van der Waals surface area contributed by atoms with Gasteiger partial charge in [0, 0.05) is 28.0 Å². The van der Waals surface area contributed by atoms with E-state index in [2.05, 4.69) is 11.1 Å². The van der Waals surface area contributed by atoms with Crippen LogP contribution in [0, 0.1) is 11.3 Å². The van der Waals surface area contributed by atoms with Crippen LogP contribution in [-0.4, -0.2) is 4.98 Å². The molecule has 0 atom stereocenters. The van der Waals surface area contributed by atoms with Crippen molar-refractivity contribution in [1.82, 2.24) is 4.98 Å². The molecule has 0 saturated heterocycles. The molecule has 0 spiro atoms. The second kappa shape index (κ2) is 5.58. The van der Waals surface area contributed by atoms with Gasteiger partial charge >= 0.3 is 0 Å². The van der Waals surface area contributed by atoms with Crippen LogP contribution in [0.25, 0.3) is 11.1 Å². The van der Waals surface area contributed by atoms with Crippen LogP contribution in [0.2, 0.25) is 15.1 Å². The normalized spacial score (nSPS) is 10.1. The molecule has 0 aliphatic rings. The van der Waals surface area contributed by atoms with E-state index in [1.165, 1.54) is 6.20 Å². The molecule has 2 rings (SSSR count). The highest BCUT2D eigenvalue weighted by atomic mass is 35.5. The first kappa shape index (κ1) is 13.2. The minimum atomic E-state index is 0.209. The first-order chi connectivity index (χ1) is 8.61. The number of aromatic nitrogens is 1. The van der Waals surface area contributed by atoms with Gasteiger partial charge in [0.1, 0.15) is 0 Å². The van der Waals surface area contributed by atoms with Crippen LogP contribution < -0.4 is 0 Å². The van der Waals surface area contributed by atoms with E-state index in [-0.39, 0.29) is 6.42 Å². The first-order valence-electron chi connectivity index (χ1n) is 5.07. The summed E-state index contributed by atoms with van der Waals surface area (Å²) < 4.78 is 0. The van der Waals surface area contributed by atoms with Crippen molar-refractivity contribution in [3.63, 3.8) is 0 Å². The molecular weight excluding hydrogens is 291 g/mol. The zero-order valence-corrected chi connectivity index (χ0v) is 11.4. The number of benzene rings is 1. The van der Waals surface area contributed by atoms with Gasteiger partial charge in [-0.1, -0.05) is 34.8 Å². The fourth-order valence-corrected chi connectivity index (χ4v) is 2.43. The van der Waals surface area contributed by atoms with Crippen LogP contribution in [0.3, 0.4) is 0 Å². The second-order valence-electron chi connectivity index (χ2n) is 3.64. The number of pyridine rings is 1. The van der Waals surface area contributed by atoms with Gasteiger partial charge in [0.2, 0.25) is 0 Å². The maximum Gasteiger partial charge on any atom is 0.0670 e. The van der Waals surface area contributed by atoms with Gasteiger partial charge in [0.15, 0.2) is 0 Å². The highest BCUT2D eigenvalue weighted by molar-refractivity contribution is 6.35. The van der Waals surface area contributed by atoms with E-state index in [0.29, 0.717) is 15.1 Å². The number of hydrogen-bond donors (Lipinski definition) is 0. The van der Waals surface area contributed by atoms with Gasteiger partial charge < -0.3 is 0 Å². The van der Waals surface area contributed by atoms with Gasteiger partial charge in [-0.15, -0.1) is 0 Å². The van der Waals surface area contributed by atoms with Gasteiger partial charge in [-0.25, -0.2) is 0 Å². The summed E-state index contributed by atoms with van der Waals surface area (Å²) in [5.41, 5.74) is 2.30. The molecule has 0 aliphatic heterocycles. The Morgan fingerprint density at radius 3 is 2.33 bits per heavy atom. The van der Waals surface area contributed by atoms with E-state index in [4.69, 9.17) is 40.1 Å². The summed E-state index contributed by atoms with van der Waals surface area (Å²) in [6.45, 7) is 0. The van der Waals surface area contributed by atoms with Crippen LogP contribution in [-0.2, 0) is 6.42 Å². The van der Waals surface area contributed by atoms with E-state index in [9.17, 15) is 0 Å². The van der Waals surface area contributed by atoms with Gasteiger partial charge in [-0.3, -0.25) is 4.98 Å². The highest BCUT2D eigenvalue weighted by Gasteiger charge is 2.10. The molecule has 2 aromatic rings. The summed E-state index contributed by atoms with van der Waals surface area (Å²) in [4.78, 5) is 4.04. The average molecular weight is 298 g/mol. The number of halogens is 3. The summed E-state index contributed by atoms with van der Waals surface area (Å²) in [6.07, 6.45) is 3.38. The van der Waals surface area contributed by atoms with Crippen molar-refractivity contribution in [3.05, 3.63) is 51.2 Å². The van der Waals surface area contributed by atoms with Gasteiger partial charge in [0.25, 0.3) is 0 Å². The Hall–Kier alpha value is -1.27. The number of hydrogen-bond acceptors (Lipinski definition) is 2. The second-order valence-corrected chi connectivity index (χ2v) is 4.92. The van der Waals surface area contributed by atoms with Crippen molar-refractivity contribution in [3.8, 4) is 17.2 Å². The molecule has 0 aliphatic carbocycles. The molecule has 0 saturated carbocycles. The molecule has 0 fully saturated rings. The molecule has 1 aromatic carbocycles. The molecule has 2 nitrogen and oxygen atoms in total. The third-order valence-electron chi connectivity index (χ3n) is 2.43. The summed E-state index contributed by atoms with van der Waals surface area (Å²) in [5, 5.41) is 10.4. The lowest BCUT2D eigenvalue weighted by molar-refractivity contribution is 1.21. The third-order valence-corrected chi connectivity index (χ3v) is 3.20. The van der Waals surface area contributed by atoms with Gasteiger partial charge in [0.05, 0.1) is 17.5 Å². The lowest BCUT2D eigenvalue weighted by Gasteiger charge is -2.09. The predicted octanol–water partition coefficient (Wildman–Crippen LogP) is 4.77. The van der Waals surface area contributed by atoms with Crippen LogP contribution in [0.15, 0.2) is 30.6 Å². The fourth-order valence-electron chi connectivity index (χ4n) is 1.68. The Labute approximate surface area is 120 Å². The summed E-state index contributed by atoms with van der Waals surface area (Å²) in [6, 6.07) is 7.26. The lowest BCUT2D eigenvalue weighted by Crippen LogP contribution is -1.92. The zero-order chi connectivity index (χ0) is 13.1. The molecule has 18 heavy (non-hydrogen) atoms. The minimum Gasteiger partial charge on any atom is -0.263 e. The van der Waals surface area contributed by atoms with Crippen molar-refractivity contribution >= 4 is 34.8 Å². The van der Waals surface area contributed by atoms with Gasteiger partial charge in [-0.05, 0) is 29.3 Å². The molecule has 0 amide bonds. The zero-order valence-electron chi connectivity index (χ0n) is 9.12. The molecular formula is C13H7Cl3N2. The summed E-state index contributed by atoms with van der Waals surface area (Å²) in [5.74, 6) is 0. The maximum absolute atomic E-state index is 8.84. The van der Waals surface area contributed by atoms with E-state index in [0.717, 1.165) is 16.7 Å². The molecule has 0 unspecified atom stereocenters. The standard InChI is InChI=1S/C13H7Cl3N2/c14-9-3-8(4-10(15)5-9)12-6-18-7-13(16)11(12)1-2-17/h3-7H,1H2. The highest BCUT2D eigenvalue weighted by Crippen LogP contribution is 2.32.